The molecule has 1 amide bonds. The molecular weight excluding hydrogens is 226 g/mol. The molecule has 0 aliphatic heterocycles. The molecule has 4 heteroatoms. The number of rotatable bonds is 6. The smallest absolute Gasteiger partial charge is 0.240 e. The number of carbonyl (C=O) groups is 1. The fourth-order valence-electron chi connectivity index (χ4n) is 1.95. The topological polar surface area (TPSA) is 59.2 Å². The number of hydrogen-bond acceptors (Lipinski definition) is 3. The number of aromatic nitrogens is 1. The molecule has 1 aliphatic rings. The summed E-state index contributed by atoms with van der Waals surface area (Å²) in [4.78, 5) is 18.2. The van der Waals surface area contributed by atoms with Gasteiger partial charge in [-0.2, -0.15) is 0 Å². The molecule has 1 aromatic heterocycles. The zero-order valence-electron chi connectivity index (χ0n) is 10.5. The van der Waals surface area contributed by atoms with E-state index in [1.54, 1.807) is 18.5 Å². The highest BCUT2D eigenvalue weighted by atomic mass is 16.2. The first kappa shape index (κ1) is 12.8. The molecule has 18 heavy (non-hydrogen) atoms. The summed E-state index contributed by atoms with van der Waals surface area (Å²) in [5, 5.41) is 0. The fourth-order valence-corrected chi connectivity index (χ4v) is 1.95. The maximum Gasteiger partial charge on any atom is 0.240 e. The Morgan fingerprint density at radius 3 is 3.00 bits per heavy atom. The van der Waals surface area contributed by atoms with Crippen LogP contribution in [-0.2, 0) is 11.3 Å². The molecule has 0 spiro atoms. The largest absolute Gasteiger partial charge is 0.334 e. The minimum absolute atomic E-state index is 0.0150. The van der Waals surface area contributed by atoms with E-state index in [1.165, 1.54) is 0 Å². The van der Waals surface area contributed by atoms with Crippen molar-refractivity contribution in [2.24, 2.45) is 5.73 Å². The molecule has 1 aromatic rings. The van der Waals surface area contributed by atoms with E-state index < -0.39 is 6.04 Å². The molecule has 1 unspecified atom stereocenters. The quantitative estimate of drug-likeness (QED) is 0.772. The van der Waals surface area contributed by atoms with Crippen LogP contribution >= 0.6 is 0 Å². The lowest BCUT2D eigenvalue weighted by atomic mass is 10.1. The molecule has 0 radical (unpaired) electrons. The number of pyridine rings is 1. The molecule has 0 saturated heterocycles. The van der Waals surface area contributed by atoms with Crippen molar-refractivity contribution in [3.8, 4) is 0 Å². The molecule has 2 N–H and O–H groups in total. The van der Waals surface area contributed by atoms with Gasteiger partial charge in [0.25, 0.3) is 0 Å². The van der Waals surface area contributed by atoms with Gasteiger partial charge in [0.2, 0.25) is 5.91 Å². The van der Waals surface area contributed by atoms with E-state index in [0.29, 0.717) is 19.0 Å². The first-order valence-electron chi connectivity index (χ1n) is 6.28. The predicted molar refractivity (Wildman–Crippen MR) is 70.6 cm³/mol. The van der Waals surface area contributed by atoms with Gasteiger partial charge in [0.1, 0.15) is 0 Å². The zero-order chi connectivity index (χ0) is 13.0. The van der Waals surface area contributed by atoms with Crippen LogP contribution in [0, 0.1) is 0 Å². The van der Waals surface area contributed by atoms with Crippen LogP contribution in [0.25, 0.3) is 0 Å². The Morgan fingerprint density at radius 2 is 2.44 bits per heavy atom. The number of carbonyl (C=O) groups excluding carboxylic acids is 1. The van der Waals surface area contributed by atoms with Crippen LogP contribution in [-0.4, -0.2) is 27.9 Å². The Kier molecular flexibility index (Phi) is 4.10. The summed E-state index contributed by atoms with van der Waals surface area (Å²) >= 11 is 0. The van der Waals surface area contributed by atoms with Crippen molar-refractivity contribution in [2.45, 2.75) is 37.9 Å². The van der Waals surface area contributed by atoms with Crippen molar-refractivity contribution in [1.82, 2.24) is 9.88 Å². The molecule has 1 heterocycles. The number of nitrogens with zero attached hydrogens (tertiary/aromatic N) is 2. The van der Waals surface area contributed by atoms with Crippen molar-refractivity contribution in [3.63, 3.8) is 0 Å². The van der Waals surface area contributed by atoms with Crippen molar-refractivity contribution >= 4 is 5.91 Å². The fraction of sp³-hybridized carbons (Fsp3) is 0.429. The maximum absolute atomic E-state index is 12.3. The van der Waals surface area contributed by atoms with Crippen LogP contribution in [0.5, 0.6) is 0 Å². The minimum atomic E-state index is -0.472. The molecule has 1 aliphatic carbocycles. The summed E-state index contributed by atoms with van der Waals surface area (Å²) < 4.78 is 0. The Hall–Kier alpha value is -1.68. The highest BCUT2D eigenvalue weighted by molar-refractivity contribution is 5.82. The van der Waals surface area contributed by atoms with Gasteiger partial charge in [-0.1, -0.05) is 12.1 Å². The molecule has 1 saturated carbocycles. The summed E-state index contributed by atoms with van der Waals surface area (Å²) in [6, 6.07) is 3.75. The van der Waals surface area contributed by atoms with Crippen LogP contribution in [0.3, 0.4) is 0 Å². The summed E-state index contributed by atoms with van der Waals surface area (Å²) in [7, 11) is 0. The highest BCUT2D eigenvalue weighted by Crippen LogP contribution is 2.28. The molecule has 1 fully saturated rings. The Balaban J connectivity index is 2.04. The van der Waals surface area contributed by atoms with E-state index in [1.807, 2.05) is 17.0 Å². The monoisotopic (exact) mass is 245 g/mol. The Bertz CT molecular complexity index is 414. The van der Waals surface area contributed by atoms with Gasteiger partial charge in [0.15, 0.2) is 0 Å². The summed E-state index contributed by atoms with van der Waals surface area (Å²) in [6.45, 7) is 4.23. The van der Waals surface area contributed by atoms with Crippen molar-refractivity contribution in [1.29, 1.82) is 0 Å². The summed E-state index contributed by atoms with van der Waals surface area (Å²) in [5.74, 6) is 0.0150. The molecule has 96 valence electrons. The maximum atomic E-state index is 12.3. The summed E-state index contributed by atoms with van der Waals surface area (Å²) in [5.41, 5.74) is 6.91. The lowest BCUT2D eigenvalue weighted by molar-refractivity contribution is -0.133. The Morgan fingerprint density at radius 1 is 1.67 bits per heavy atom. The first-order chi connectivity index (χ1) is 8.72. The normalized spacial score (nSPS) is 16.1. The average molecular weight is 245 g/mol. The minimum Gasteiger partial charge on any atom is -0.334 e. The van der Waals surface area contributed by atoms with Crippen molar-refractivity contribution in [2.75, 3.05) is 0 Å². The highest BCUT2D eigenvalue weighted by Gasteiger charge is 2.34. The van der Waals surface area contributed by atoms with Gasteiger partial charge >= 0.3 is 0 Å². The molecule has 1 atom stereocenters. The van der Waals surface area contributed by atoms with E-state index >= 15 is 0 Å². The predicted octanol–water partition coefficient (Wildman–Crippen LogP) is 1.48. The third-order valence-corrected chi connectivity index (χ3v) is 3.08. The Labute approximate surface area is 108 Å². The van der Waals surface area contributed by atoms with Crippen LogP contribution in [0.2, 0.25) is 0 Å². The van der Waals surface area contributed by atoms with Crippen LogP contribution in [0.15, 0.2) is 37.2 Å². The van der Waals surface area contributed by atoms with Gasteiger partial charge < -0.3 is 10.6 Å². The van der Waals surface area contributed by atoms with Gasteiger partial charge in [-0.25, -0.2) is 0 Å². The second-order valence-electron chi connectivity index (χ2n) is 4.69. The van der Waals surface area contributed by atoms with E-state index in [0.717, 1.165) is 18.4 Å². The zero-order valence-corrected chi connectivity index (χ0v) is 10.5. The van der Waals surface area contributed by atoms with Gasteiger partial charge in [-0.15, -0.1) is 6.58 Å². The van der Waals surface area contributed by atoms with Gasteiger partial charge in [-0.05, 0) is 30.9 Å². The third-order valence-electron chi connectivity index (χ3n) is 3.08. The van der Waals surface area contributed by atoms with E-state index in [4.69, 9.17) is 5.73 Å². The van der Waals surface area contributed by atoms with Crippen LogP contribution < -0.4 is 5.73 Å². The number of hydrogen-bond donors (Lipinski definition) is 1. The lowest BCUT2D eigenvalue weighted by Crippen LogP contribution is -2.44. The second-order valence-corrected chi connectivity index (χ2v) is 4.69. The lowest BCUT2D eigenvalue weighted by Gasteiger charge is -2.25. The summed E-state index contributed by atoms with van der Waals surface area (Å²) in [6.07, 6.45) is 7.89. The SMILES string of the molecule is C=CCC(N)C(=O)N(Cc1cccnc1)C1CC1. The second kappa shape index (κ2) is 5.78. The van der Waals surface area contributed by atoms with Gasteiger partial charge in [0.05, 0.1) is 6.04 Å². The molecule has 0 bridgehead atoms. The molecule has 0 aromatic carbocycles. The number of nitrogens with two attached hydrogens (primary N) is 1. The number of amides is 1. The van der Waals surface area contributed by atoms with E-state index in [2.05, 4.69) is 11.6 Å². The molecule has 2 rings (SSSR count). The van der Waals surface area contributed by atoms with Crippen molar-refractivity contribution in [3.05, 3.63) is 42.7 Å². The first-order valence-corrected chi connectivity index (χ1v) is 6.28. The standard InChI is InChI=1S/C14H19N3O/c1-2-4-13(15)14(18)17(12-6-7-12)10-11-5-3-8-16-9-11/h2-3,5,8-9,12-13H,1,4,6-7,10,15H2. The van der Waals surface area contributed by atoms with E-state index in [9.17, 15) is 4.79 Å². The molecular formula is C14H19N3O. The van der Waals surface area contributed by atoms with E-state index in [-0.39, 0.29) is 5.91 Å². The van der Waals surface area contributed by atoms with Gasteiger partial charge in [0, 0.05) is 25.0 Å². The molecule has 4 nitrogen and oxygen atoms in total. The third kappa shape index (κ3) is 3.17. The van der Waals surface area contributed by atoms with Gasteiger partial charge in [-0.3, -0.25) is 9.78 Å². The average Bonchev–Trinajstić information content (AvgIpc) is 3.21. The van der Waals surface area contributed by atoms with Crippen molar-refractivity contribution < 1.29 is 4.79 Å². The van der Waals surface area contributed by atoms with Crippen LogP contribution in [0.1, 0.15) is 24.8 Å². The van der Waals surface area contributed by atoms with Crippen LogP contribution in [0.4, 0.5) is 0 Å².